The molecular formula is C15H25N3O2. The van der Waals surface area contributed by atoms with Crippen molar-refractivity contribution in [2.45, 2.75) is 19.8 Å². The molecule has 5 nitrogen and oxygen atoms in total. The molecule has 3 N–H and O–H groups in total. The van der Waals surface area contributed by atoms with Crippen LogP contribution in [0.15, 0.2) is 29.3 Å². The monoisotopic (exact) mass is 279 g/mol. The Balaban J connectivity index is 2.23. The molecule has 1 aromatic carbocycles. The Morgan fingerprint density at radius 3 is 2.90 bits per heavy atom. The third-order valence-corrected chi connectivity index (χ3v) is 2.77. The second-order valence-corrected chi connectivity index (χ2v) is 4.40. The van der Waals surface area contributed by atoms with Crippen LogP contribution in [0, 0.1) is 0 Å². The van der Waals surface area contributed by atoms with E-state index in [2.05, 4.69) is 29.4 Å². The van der Waals surface area contributed by atoms with Gasteiger partial charge >= 0.3 is 0 Å². The first-order valence-corrected chi connectivity index (χ1v) is 6.98. The van der Waals surface area contributed by atoms with Crippen molar-refractivity contribution in [3.63, 3.8) is 0 Å². The summed E-state index contributed by atoms with van der Waals surface area (Å²) in [4.78, 5) is 4.26. The first-order valence-electron chi connectivity index (χ1n) is 6.98. The van der Waals surface area contributed by atoms with Gasteiger partial charge in [-0.25, -0.2) is 0 Å². The molecule has 0 atom stereocenters. The summed E-state index contributed by atoms with van der Waals surface area (Å²) in [5.41, 5.74) is 8.08. The van der Waals surface area contributed by atoms with Crippen LogP contribution in [0.3, 0.4) is 0 Å². The van der Waals surface area contributed by atoms with Crippen LogP contribution >= 0.6 is 0 Å². The summed E-state index contributed by atoms with van der Waals surface area (Å²) in [6, 6.07) is 8.17. The van der Waals surface area contributed by atoms with Gasteiger partial charge in [0.05, 0.1) is 13.2 Å². The first-order chi connectivity index (χ1) is 9.76. The van der Waals surface area contributed by atoms with Crippen LogP contribution in [0.25, 0.3) is 0 Å². The van der Waals surface area contributed by atoms with Gasteiger partial charge in [-0.05, 0) is 30.5 Å². The molecule has 0 bridgehead atoms. The molecule has 112 valence electrons. The van der Waals surface area contributed by atoms with Gasteiger partial charge in [0, 0.05) is 25.9 Å². The number of nitrogens with two attached hydrogens (primary N) is 1. The van der Waals surface area contributed by atoms with E-state index in [0.29, 0.717) is 32.3 Å². The molecule has 0 spiro atoms. The summed E-state index contributed by atoms with van der Waals surface area (Å²) < 4.78 is 10.2. The smallest absolute Gasteiger partial charge is 0.193 e. The average molecular weight is 279 g/mol. The second-order valence-electron chi connectivity index (χ2n) is 4.40. The van der Waals surface area contributed by atoms with E-state index in [9.17, 15) is 0 Å². The minimum Gasteiger partial charge on any atom is -0.382 e. The molecule has 0 aromatic heterocycles. The summed E-state index contributed by atoms with van der Waals surface area (Å²) in [7, 11) is 1.66. The highest BCUT2D eigenvalue weighted by Gasteiger charge is 1.96. The minimum atomic E-state index is 0.440. The molecule has 1 aromatic rings. The van der Waals surface area contributed by atoms with E-state index in [0.717, 1.165) is 18.5 Å². The Morgan fingerprint density at radius 1 is 1.30 bits per heavy atom. The molecule has 0 heterocycles. The van der Waals surface area contributed by atoms with Gasteiger partial charge in [0.15, 0.2) is 5.96 Å². The number of nitrogens with zero attached hydrogens (tertiary/aromatic N) is 1. The summed E-state index contributed by atoms with van der Waals surface area (Å²) in [5.74, 6) is 0.440. The predicted octanol–water partition coefficient (Wildman–Crippen LogP) is 2.03. The van der Waals surface area contributed by atoms with Gasteiger partial charge in [-0.1, -0.05) is 19.1 Å². The molecule has 0 aliphatic carbocycles. The summed E-state index contributed by atoms with van der Waals surface area (Å²) in [5, 5.41) is 3.09. The quantitative estimate of drug-likeness (QED) is 0.412. The third-order valence-electron chi connectivity index (χ3n) is 2.77. The number of methoxy groups -OCH3 is 1. The van der Waals surface area contributed by atoms with Gasteiger partial charge in [0.25, 0.3) is 0 Å². The van der Waals surface area contributed by atoms with E-state index < -0.39 is 0 Å². The van der Waals surface area contributed by atoms with Gasteiger partial charge in [-0.15, -0.1) is 0 Å². The van der Waals surface area contributed by atoms with Crippen LogP contribution in [-0.2, 0) is 15.9 Å². The lowest BCUT2D eigenvalue weighted by atomic mass is 10.1. The lowest BCUT2D eigenvalue weighted by molar-refractivity contribution is 0.0702. The minimum absolute atomic E-state index is 0.440. The van der Waals surface area contributed by atoms with Crippen LogP contribution in [0.1, 0.15) is 18.9 Å². The number of nitrogens with one attached hydrogen (secondary N) is 1. The topological polar surface area (TPSA) is 68.9 Å². The van der Waals surface area contributed by atoms with E-state index in [1.54, 1.807) is 7.11 Å². The number of benzene rings is 1. The van der Waals surface area contributed by atoms with Gasteiger partial charge in [0.2, 0.25) is 0 Å². The average Bonchev–Trinajstić information content (AvgIpc) is 2.46. The number of ether oxygens (including phenoxy) is 2. The van der Waals surface area contributed by atoms with Crippen molar-refractivity contribution >= 4 is 11.6 Å². The molecule has 0 fully saturated rings. The first kappa shape index (κ1) is 16.5. The fourth-order valence-electron chi connectivity index (χ4n) is 1.67. The molecule has 0 saturated heterocycles. The highest BCUT2D eigenvalue weighted by atomic mass is 16.5. The Hall–Kier alpha value is -1.59. The fraction of sp³-hybridized carbons (Fsp3) is 0.533. The zero-order valence-electron chi connectivity index (χ0n) is 12.4. The van der Waals surface area contributed by atoms with Crippen molar-refractivity contribution in [1.82, 2.24) is 0 Å². The molecule has 0 aliphatic heterocycles. The number of rotatable bonds is 9. The van der Waals surface area contributed by atoms with E-state index >= 15 is 0 Å². The van der Waals surface area contributed by atoms with E-state index in [1.807, 2.05) is 12.1 Å². The van der Waals surface area contributed by atoms with Crippen molar-refractivity contribution < 1.29 is 9.47 Å². The lowest BCUT2D eigenvalue weighted by Crippen LogP contribution is -2.23. The largest absolute Gasteiger partial charge is 0.382 e. The van der Waals surface area contributed by atoms with E-state index in [4.69, 9.17) is 15.2 Å². The van der Waals surface area contributed by atoms with Crippen LogP contribution in [-0.4, -0.2) is 39.4 Å². The molecule has 20 heavy (non-hydrogen) atoms. The van der Waals surface area contributed by atoms with Crippen molar-refractivity contribution in [2.75, 3.05) is 38.8 Å². The van der Waals surface area contributed by atoms with Crippen LogP contribution in [0.4, 0.5) is 5.69 Å². The van der Waals surface area contributed by atoms with Crippen LogP contribution < -0.4 is 11.1 Å². The number of aryl methyl sites for hydroxylation is 1. The van der Waals surface area contributed by atoms with E-state index in [-0.39, 0.29) is 0 Å². The van der Waals surface area contributed by atoms with Crippen molar-refractivity contribution in [3.8, 4) is 0 Å². The van der Waals surface area contributed by atoms with Crippen molar-refractivity contribution in [3.05, 3.63) is 29.8 Å². The zero-order valence-corrected chi connectivity index (χ0v) is 12.4. The molecule has 0 unspecified atom stereocenters. The zero-order chi connectivity index (χ0) is 14.6. The lowest BCUT2D eigenvalue weighted by Gasteiger charge is -2.07. The van der Waals surface area contributed by atoms with Crippen LogP contribution in [0.2, 0.25) is 0 Å². The summed E-state index contributed by atoms with van der Waals surface area (Å²) in [6.45, 7) is 4.70. The molecule has 0 aliphatic rings. The van der Waals surface area contributed by atoms with Crippen molar-refractivity contribution in [1.29, 1.82) is 0 Å². The molecular weight excluding hydrogens is 254 g/mol. The Morgan fingerprint density at radius 2 is 2.15 bits per heavy atom. The maximum Gasteiger partial charge on any atom is 0.193 e. The standard InChI is InChI=1S/C15H25N3O2/c1-3-13-6-4-7-14(12-13)18-15(16)17-8-5-9-20-11-10-19-2/h4,6-7,12H,3,5,8-11H2,1-2H3,(H3,16,17,18). The summed E-state index contributed by atoms with van der Waals surface area (Å²) in [6.07, 6.45) is 1.85. The number of hydrogen-bond donors (Lipinski definition) is 2. The molecule has 1 rings (SSSR count). The number of aliphatic imine (C=N–C) groups is 1. The Labute approximate surface area is 121 Å². The molecule has 0 amide bonds. The Kier molecular flexibility index (Phi) is 8.42. The number of hydrogen-bond acceptors (Lipinski definition) is 3. The molecule has 0 saturated carbocycles. The highest BCUT2D eigenvalue weighted by molar-refractivity contribution is 5.92. The normalized spacial score (nSPS) is 11.6. The van der Waals surface area contributed by atoms with Gasteiger partial charge in [0.1, 0.15) is 0 Å². The maximum absolute atomic E-state index is 5.84. The number of guanidine groups is 1. The van der Waals surface area contributed by atoms with Crippen LogP contribution in [0.5, 0.6) is 0 Å². The highest BCUT2D eigenvalue weighted by Crippen LogP contribution is 2.10. The van der Waals surface area contributed by atoms with E-state index in [1.165, 1.54) is 5.56 Å². The van der Waals surface area contributed by atoms with Gasteiger partial charge in [-0.3, -0.25) is 4.99 Å². The third kappa shape index (κ3) is 7.11. The molecule has 5 heteroatoms. The fourth-order valence-corrected chi connectivity index (χ4v) is 1.67. The second kappa shape index (κ2) is 10.2. The van der Waals surface area contributed by atoms with Gasteiger partial charge < -0.3 is 20.5 Å². The Bertz CT molecular complexity index is 408. The number of anilines is 1. The van der Waals surface area contributed by atoms with Gasteiger partial charge in [-0.2, -0.15) is 0 Å². The van der Waals surface area contributed by atoms with Crippen molar-refractivity contribution in [2.24, 2.45) is 10.7 Å². The maximum atomic E-state index is 5.84. The SMILES string of the molecule is CCc1cccc(NC(N)=NCCCOCCOC)c1. The summed E-state index contributed by atoms with van der Waals surface area (Å²) >= 11 is 0. The molecule has 0 radical (unpaired) electrons. The predicted molar refractivity (Wildman–Crippen MR) is 83.2 cm³/mol.